The summed E-state index contributed by atoms with van der Waals surface area (Å²) in [4.78, 5) is 0. The monoisotopic (exact) mass is 166 g/mol. The summed E-state index contributed by atoms with van der Waals surface area (Å²) in [5, 5.41) is 27.5. The molecule has 0 aliphatic rings. The second kappa shape index (κ2) is 2.07. The molecule has 0 saturated heterocycles. The smallest absolute Gasteiger partial charge is 0.327 e. The Bertz CT molecular complexity index is 430. The first-order chi connectivity index (χ1) is 5.70. The van der Waals surface area contributed by atoms with Crippen LogP contribution in [-0.2, 0) is 0 Å². The van der Waals surface area contributed by atoms with Gasteiger partial charge in [0.25, 0.3) is 0 Å². The molecule has 0 fully saturated rings. The van der Waals surface area contributed by atoms with E-state index in [0.29, 0.717) is 0 Å². The largest absolute Gasteiger partial charge is 0.507 e. The highest BCUT2D eigenvalue weighted by Gasteiger charge is 2.14. The molecule has 2 aromatic rings. The van der Waals surface area contributed by atoms with Crippen molar-refractivity contribution in [1.82, 2.24) is 0 Å². The quantitative estimate of drug-likeness (QED) is 0.555. The van der Waals surface area contributed by atoms with Crippen LogP contribution in [0.4, 0.5) is 0 Å². The first-order valence-corrected chi connectivity index (χ1v) is 3.32. The molecule has 0 amide bonds. The molecule has 4 heteroatoms. The van der Waals surface area contributed by atoms with Gasteiger partial charge in [0.2, 0.25) is 5.75 Å². The van der Waals surface area contributed by atoms with Crippen molar-refractivity contribution in [2.45, 2.75) is 0 Å². The lowest BCUT2D eigenvalue weighted by atomic mass is 10.2. The average Bonchev–Trinajstić information content (AvgIpc) is 2.29. The molecule has 0 saturated carbocycles. The Morgan fingerprint density at radius 1 is 1.08 bits per heavy atom. The summed E-state index contributed by atoms with van der Waals surface area (Å²) >= 11 is 0. The Morgan fingerprint density at radius 3 is 2.50 bits per heavy atom. The SMILES string of the molecule is Oc1oc2cccc(O)c2c1O. The molecule has 0 unspecified atom stereocenters. The van der Waals surface area contributed by atoms with Crippen molar-refractivity contribution in [2.24, 2.45) is 0 Å². The third-order valence-corrected chi connectivity index (χ3v) is 1.65. The molecule has 2 rings (SSSR count). The third kappa shape index (κ3) is 0.717. The minimum atomic E-state index is -0.577. The number of benzene rings is 1. The highest BCUT2D eigenvalue weighted by atomic mass is 16.5. The van der Waals surface area contributed by atoms with E-state index in [1.807, 2.05) is 0 Å². The van der Waals surface area contributed by atoms with Crippen LogP contribution in [0.5, 0.6) is 17.4 Å². The molecule has 0 radical (unpaired) electrons. The van der Waals surface area contributed by atoms with Gasteiger partial charge in [-0.1, -0.05) is 6.07 Å². The van der Waals surface area contributed by atoms with Crippen LogP contribution in [0.1, 0.15) is 0 Å². The summed E-state index contributed by atoms with van der Waals surface area (Å²) in [5.74, 6) is -1.12. The zero-order valence-electron chi connectivity index (χ0n) is 5.98. The van der Waals surface area contributed by atoms with Crippen molar-refractivity contribution in [3.8, 4) is 17.4 Å². The van der Waals surface area contributed by atoms with E-state index < -0.39 is 11.7 Å². The molecular formula is C8H6O4. The van der Waals surface area contributed by atoms with E-state index in [1.54, 1.807) is 6.07 Å². The van der Waals surface area contributed by atoms with Crippen LogP contribution in [0.3, 0.4) is 0 Å². The van der Waals surface area contributed by atoms with E-state index in [9.17, 15) is 10.2 Å². The van der Waals surface area contributed by atoms with Gasteiger partial charge in [-0.05, 0) is 12.1 Å². The topological polar surface area (TPSA) is 73.8 Å². The normalized spacial score (nSPS) is 10.7. The highest BCUT2D eigenvalue weighted by molar-refractivity contribution is 5.91. The van der Waals surface area contributed by atoms with Crippen molar-refractivity contribution in [3.63, 3.8) is 0 Å². The summed E-state index contributed by atoms with van der Waals surface area (Å²) in [5.41, 5.74) is 0.255. The molecule has 0 spiro atoms. The second-order valence-electron chi connectivity index (χ2n) is 2.41. The summed E-state index contributed by atoms with van der Waals surface area (Å²) in [6.07, 6.45) is 0. The number of phenols is 1. The van der Waals surface area contributed by atoms with E-state index in [2.05, 4.69) is 0 Å². The number of aromatic hydroxyl groups is 3. The van der Waals surface area contributed by atoms with Crippen molar-refractivity contribution < 1.29 is 19.7 Å². The Morgan fingerprint density at radius 2 is 1.83 bits per heavy atom. The molecular weight excluding hydrogens is 160 g/mol. The summed E-state index contributed by atoms with van der Waals surface area (Å²) in [6.45, 7) is 0. The van der Waals surface area contributed by atoms with Crippen molar-refractivity contribution in [1.29, 1.82) is 0 Å². The maximum atomic E-state index is 9.23. The highest BCUT2D eigenvalue weighted by Crippen LogP contribution is 2.41. The van der Waals surface area contributed by atoms with Gasteiger partial charge in [-0.2, -0.15) is 0 Å². The molecule has 0 aliphatic carbocycles. The van der Waals surface area contributed by atoms with Crippen LogP contribution in [0.15, 0.2) is 22.6 Å². The molecule has 62 valence electrons. The summed E-state index contributed by atoms with van der Waals surface area (Å²) < 4.78 is 4.73. The first kappa shape index (κ1) is 6.84. The van der Waals surface area contributed by atoms with Gasteiger partial charge in [-0.3, -0.25) is 0 Å². The maximum Gasteiger partial charge on any atom is 0.327 e. The number of hydrogen-bond donors (Lipinski definition) is 3. The number of fused-ring (bicyclic) bond motifs is 1. The minimum absolute atomic E-state index is 0.117. The molecule has 1 heterocycles. The predicted molar refractivity (Wildman–Crippen MR) is 41.2 cm³/mol. The van der Waals surface area contributed by atoms with E-state index in [-0.39, 0.29) is 16.7 Å². The van der Waals surface area contributed by atoms with Gasteiger partial charge in [0, 0.05) is 0 Å². The van der Waals surface area contributed by atoms with Crippen LogP contribution >= 0.6 is 0 Å². The van der Waals surface area contributed by atoms with Crippen molar-refractivity contribution >= 4 is 11.0 Å². The molecule has 12 heavy (non-hydrogen) atoms. The standard InChI is InChI=1S/C8H6O4/c9-4-2-1-3-5-6(4)7(10)8(11)12-5/h1-3,9-11H. The van der Waals surface area contributed by atoms with Gasteiger partial charge in [0.15, 0.2) is 0 Å². The van der Waals surface area contributed by atoms with Gasteiger partial charge >= 0.3 is 5.95 Å². The van der Waals surface area contributed by atoms with Gasteiger partial charge in [0.05, 0.1) is 0 Å². The number of phenolic OH excluding ortho intramolecular Hbond substituents is 1. The van der Waals surface area contributed by atoms with Gasteiger partial charge < -0.3 is 19.7 Å². The zero-order valence-corrected chi connectivity index (χ0v) is 5.98. The molecule has 0 bridgehead atoms. The fourth-order valence-corrected chi connectivity index (χ4v) is 1.10. The third-order valence-electron chi connectivity index (χ3n) is 1.65. The fraction of sp³-hybridized carbons (Fsp3) is 0. The summed E-state index contributed by atoms with van der Waals surface area (Å²) in [6, 6.07) is 4.49. The molecule has 0 atom stereocenters. The molecule has 3 N–H and O–H groups in total. The minimum Gasteiger partial charge on any atom is -0.507 e. The van der Waals surface area contributed by atoms with Crippen molar-refractivity contribution in [3.05, 3.63) is 18.2 Å². The van der Waals surface area contributed by atoms with E-state index in [0.717, 1.165) is 0 Å². The second-order valence-corrected chi connectivity index (χ2v) is 2.41. The lowest BCUT2D eigenvalue weighted by Crippen LogP contribution is -1.66. The van der Waals surface area contributed by atoms with E-state index >= 15 is 0 Å². The first-order valence-electron chi connectivity index (χ1n) is 3.32. The fourth-order valence-electron chi connectivity index (χ4n) is 1.10. The van der Waals surface area contributed by atoms with Gasteiger partial charge in [0.1, 0.15) is 16.7 Å². The molecule has 4 nitrogen and oxygen atoms in total. The Labute approximate surface area is 67.3 Å². The predicted octanol–water partition coefficient (Wildman–Crippen LogP) is 1.55. The number of hydrogen-bond acceptors (Lipinski definition) is 4. The average molecular weight is 166 g/mol. The zero-order chi connectivity index (χ0) is 8.72. The molecule has 1 aromatic heterocycles. The Balaban J connectivity index is 2.97. The lowest BCUT2D eigenvalue weighted by molar-refractivity contribution is 0.316. The summed E-state index contributed by atoms with van der Waals surface area (Å²) in [7, 11) is 0. The molecule has 0 aliphatic heterocycles. The van der Waals surface area contributed by atoms with Crippen LogP contribution < -0.4 is 0 Å². The van der Waals surface area contributed by atoms with Crippen molar-refractivity contribution in [2.75, 3.05) is 0 Å². The molecule has 1 aromatic carbocycles. The number of rotatable bonds is 0. The van der Waals surface area contributed by atoms with E-state index in [1.165, 1.54) is 12.1 Å². The van der Waals surface area contributed by atoms with Gasteiger partial charge in [-0.25, -0.2) is 0 Å². The van der Waals surface area contributed by atoms with Crippen LogP contribution in [0.25, 0.3) is 11.0 Å². The Hall–Kier alpha value is -1.84. The van der Waals surface area contributed by atoms with Gasteiger partial charge in [-0.15, -0.1) is 0 Å². The van der Waals surface area contributed by atoms with Crippen LogP contribution in [-0.4, -0.2) is 15.3 Å². The van der Waals surface area contributed by atoms with Crippen LogP contribution in [0.2, 0.25) is 0 Å². The number of furan rings is 1. The van der Waals surface area contributed by atoms with Crippen LogP contribution in [0, 0.1) is 0 Å². The van der Waals surface area contributed by atoms with E-state index in [4.69, 9.17) is 9.52 Å². The lowest BCUT2D eigenvalue weighted by Gasteiger charge is -1.91. The maximum absolute atomic E-state index is 9.23. The Kier molecular flexibility index (Phi) is 1.18.